The van der Waals surface area contributed by atoms with Gasteiger partial charge in [-0.1, -0.05) is 35.9 Å². The average Bonchev–Trinajstić information content (AvgIpc) is 2.40. The van der Waals surface area contributed by atoms with E-state index in [2.05, 4.69) is 22.6 Å². The lowest BCUT2D eigenvalue weighted by molar-refractivity contribution is 0.0979. The summed E-state index contributed by atoms with van der Waals surface area (Å²) >= 11 is 8.06. The molecule has 94 valence electrons. The molecule has 0 spiro atoms. The van der Waals surface area contributed by atoms with Gasteiger partial charge >= 0.3 is 0 Å². The lowest BCUT2D eigenvalue weighted by Crippen LogP contribution is -2.11. The first-order valence-electron chi connectivity index (χ1n) is 5.56. The SMILES string of the molecule is N#CC(C(=O)c1ccc(I)cc1)c1cccc(Cl)c1. The zero-order valence-electron chi connectivity index (χ0n) is 9.81. The van der Waals surface area contributed by atoms with Gasteiger partial charge in [0.15, 0.2) is 5.78 Å². The maximum absolute atomic E-state index is 12.3. The monoisotopic (exact) mass is 381 g/mol. The van der Waals surface area contributed by atoms with Crippen molar-refractivity contribution in [3.8, 4) is 6.07 Å². The minimum absolute atomic E-state index is 0.207. The number of benzene rings is 2. The zero-order valence-corrected chi connectivity index (χ0v) is 12.7. The molecular formula is C15H9ClINO. The van der Waals surface area contributed by atoms with Crippen LogP contribution in [0.3, 0.4) is 0 Å². The summed E-state index contributed by atoms with van der Waals surface area (Å²) in [7, 11) is 0. The molecule has 0 N–H and O–H groups in total. The van der Waals surface area contributed by atoms with Crippen LogP contribution in [0.25, 0.3) is 0 Å². The second-order valence-electron chi connectivity index (χ2n) is 3.99. The number of nitriles is 1. The third-order valence-electron chi connectivity index (χ3n) is 2.70. The van der Waals surface area contributed by atoms with Crippen LogP contribution in [0.5, 0.6) is 0 Å². The number of carbonyl (C=O) groups excluding carboxylic acids is 1. The van der Waals surface area contributed by atoms with E-state index in [1.165, 1.54) is 0 Å². The fraction of sp³-hybridized carbons (Fsp3) is 0.0667. The molecule has 0 saturated carbocycles. The van der Waals surface area contributed by atoms with Crippen LogP contribution >= 0.6 is 34.2 Å². The molecule has 0 aromatic heterocycles. The summed E-state index contributed by atoms with van der Waals surface area (Å²) in [4.78, 5) is 12.3. The Labute approximate surface area is 130 Å². The van der Waals surface area contributed by atoms with Crippen molar-refractivity contribution in [2.24, 2.45) is 0 Å². The van der Waals surface area contributed by atoms with E-state index in [-0.39, 0.29) is 5.78 Å². The van der Waals surface area contributed by atoms with Gasteiger partial charge in [-0.2, -0.15) is 5.26 Å². The Balaban J connectivity index is 2.35. The van der Waals surface area contributed by atoms with Crippen molar-refractivity contribution < 1.29 is 4.79 Å². The van der Waals surface area contributed by atoms with Crippen molar-refractivity contribution in [1.82, 2.24) is 0 Å². The summed E-state index contributed by atoms with van der Waals surface area (Å²) in [6.45, 7) is 0. The van der Waals surface area contributed by atoms with Crippen molar-refractivity contribution in [2.75, 3.05) is 0 Å². The van der Waals surface area contributed by atoms with E-state index in [9.17, 15) is 10.1 Å². The van der Waals surface area contributed by atoms with E-state index in [4.69, 9.17) is 11.6 Å². The van der Waals surface area contributed by atoms with Gasteiger partial charge in [0, 0.05) is 14.2 Å². The molecule has 2 rings (SSSR count). The van der Waals surface area contributed by atoms with Gasteiger partial charge in [0.2, 0.25) is 0 Å². The van der Waals surface area contributed by atoms with E-state index in [1.54, 1.807) is 36.4 Å². The molecule has 2 aromatic rings. The molecule has 0 radical (unpaired) electrons. The molecule has 0 heterocycles. The van der Waals surface area contributed by atoms with Gasteiger partial charge in [0.1, 0.15) is 5.92 Å². The summed E-state index contributed by atoms with van der Waals surface area (Å²) in [5.74, 6) is -1.03. The fourth-order valence-corrected chi connectivity index (χ4v) is 2.31. The minimum Gasteiger partial charge on any atom is -0.292 e. The van der Waals surface area contributed by atoms with Crippen LogP contribution < -0.4 is 0 Å². The van der Waals surface area contributed by atoms with Crippen LogP contribution in [0.2, 0.25) is 5.02 Å². The molecule has 1 atom stereocenters. The Bertz CT molecular complexity index is 646. The van der Waals surface area contributed by atoms with Crippen LogP contribution in [0.4, 0.5) is 0 Å². The quantitative estimate of drug-likeness (QED) is 0.583. The second kappa shape index (κ2) is 6.18. The number of hydrogen-bond acceptors (Lipinski definition) is 2. The first-order chi connectivity index (χ1) is 9.11. The largest absolute Gasteiger partial charge is 0.292 e. The predicted molar refractivity (Wildman–Crippen MR) is 83.3 cm³/mol. The standard InChI is InChI=1S/C15H9ClINO/c16-12-3-1-2-11(8-12)14(9-18)15(19)10-4-6-13(17)7-5-10/h1-8,14H. The number of ketones is 1. The molecule has 0 amide bonds. The van der Waals surface area contributed by atoms with Crippen LogP contribution in [-0.2, 0) is 0 Å². The van der Waals surface area contributed by atoms with Gasteiger partial charge in [0.05, 0.1) is 6.07 Å². The first kappa shape index (κ1) is 14.0. The smallest absolute Gasteiger partial charge is 0.184 e. The van der Waals surface area contributed by atoms with Gasteiger partial charge in [-0.15, -0.1) is 0 Å². The third kappa shape index (κ3) is 3.34. The summed E-state index contributed by atoms with van der Waals surface area (Å²) in [5, 5.41) is 9.76. The van der Waals surface area contributed by atoms with Crippen LogP contribution in [0.15, 0.2) is 48.5 Å². The molecule has 4 heteroatoms. The summed E-state index contributed by atoms with van der Waals surface area (Å²) in [5.41, 5.74) is 1.16. The maximum atomic E-state index is 12.3. The number of carbonyl (C=O) groups is 1. The van der Waals surface area contributed by atoms with Crippen molar-refractivity contribution in [2.45, 2.75) is 5.92 Å². The van der Waals surface area contributed by atoms with E-state index in [0.717, 1.165) is 3.57 Å². The number of rotatable bonds is 3. The summed E-state index contributed by atoms with van der Waals surface area (Å²) < 4.78 is 1.05. The van der Waals surface area contributed by atoms with Crippen molar-refractivity contribution >= 4 is 40.0 Å². The lowest BCUT2D eigenvalue weighted by atomic mass is 9.92. The second-order valence-corrected chi connectivity index (χ2v) is 5.67. The predicted octanol–water partition coefficient (Wildman–Crippen LogP) is 4.43. The third-order valence-corrected chi connectivity index (χ3v) is 3.66. The Hall–Kier alpha value is -1.38. The number of hydrogen-bond donors (Lipinski definition) is 0. The van der Waals surface area contributed by atoms with E-state index >= 15 is 0 Å². The van der Waals surface area contributed by atoms with Gasteiger partial charge in [0.25, 0.3) is 0 Å². The van der Waals surface area contributed by atoms with E-state index in [1.807, 2.05) is 18.2 Å². The Morgan fingerprint density at radius 1 is 1.21 bits per heavy atom. The molecule has 0 aliphatic rings. The van der Waals surface area contributed by atoms with Gasteiger partial charge in [-0.05, 0) is 52.4 Å². The number of Topliss-reactive ketones (excluding diaryl/α,β-unsaturated/α-hetero) is 1. The Kier molecular flexibility index (Phi) is 4.56. The van der Waals surface area contributed by atoms with E-state index in [0.29, 0.717) is 16.1 Å². The first-order valence-corrected chi connectivity index (χ1v) is 7.02. The Morgan fingerprint density at radius 3 is 2.47 bits per heavy atom. The molecule has 0 fully saturated rings. The van der Waals surface area contributed by atoms with Gasteiger partial charge < -0.3 is 0 Å². The van der Waals surface area contributed by atoms with Gasteiger partial charge in [-0.3, -0.25) is 4.79 Å². The van der Waals surface area contributed by atoms with Crippen molar-refractivity contribution in [3.63, 3.8) is 0 Å². The fourth-order valence-electron chi connectivity index (χ4n) is 1.75. The highest BCUT2D eigenvalue weighted by atomic mass is 127. The molecule has 1 unspecified atom stereocenters. The highest BCUT2D eigenvalue weighted by Crippen LogP contribution is 2.23. The lowest BCUT2D eigenvalue weighted by Gasteiger charge is -2.09. The van der Waals surface area contributed by atoms with Crippen LogP contribution in [0.1, 0.15) is 21.8 Å². The normalized spacial score (nSPS) is 11.6. The minimum atomic E-state index is -0.821. The molecule has 0 saturated heterocycles. The number of nitrogens with zero attached hydrogens (tertiary/aromatic N) is 1. The highest BCUT2D eigenvalue weighted by Gasteiger charge is 2.21. The average molecular weight is 382 g/mol. The topological polar surface area (TPSA) is 40.9 Å². The number of halogens is 2. The van der Waals surface area contributed by atoms with Gasteiger partial charge in [-0.25, -0.2) is 0 Å². The summed E-state index contributed by atoms with van der Waals surface area (Å²) in [6, 6.07) is 16.1. The molecular weight excluding hydrogens is 373 g/mol. The summed E-state index contributed by atoms with van der Waals surface area (Å²) in [6.07, 6.45) is 0. The molecule has 0 aliphatic heterocycles. The highest BCUT2D eigenvalue weighted by molar-refractivity contribution is 14.1. The van der Waals surface area contributed by atoms with Crippen molar-refractivity contribution in [3.05, 3.63) is 68.3 Å². The zero-order chi connectivity index (χ0) is 13.8. The van der Waals surface area contributed by atoms with Crippen molar-refractivity contribution in [1.29, 1.82) is 5.26 Å². The Morgan fingerprint density at radius 2 is 1.89 bits per heavy atom. The molecule has 0 bridgehead atoms. The molecule has 19 heavy (non-hydrogen) atoms. The molecule has 2 aromatic carbocycles. The maximum Gasteiger partial charge on any atom is 0.184 e. The van der Waals surface area contributed by atoms with Crippen LogP contribution in [-0.4, -0.2) is 5.78 Å². The van der Waals surface area contributed by atoms with Crippen LogP contribution in [0, 0.1) is 14.9 Å². The molecule has 0 aliphatic carbocycles. The molecule has 2 nitrogen and oxygen atoms in total. The van der Waals surface area contributed by atoms with E-state index < -0.39 is 5.92 Å².